The van der Waals surface area contributed by atoms with Crippen LogP contribution in [0.2, 0.25) is 5.02 Å². The number of amides is 1. The van der Waals surface area contributed by atoms with Gasteiger partial charge in [0, 0.05) is 28.6 Å². The summed E-state index contributed by atoms with van der Waals surface area (Å²) < 4.78 is 10.6. The molecule has 0 unspecified atom stereocenters. The maximum absolute atomic E-state index is 12.4. The molecule has 5 nitrogen and oxygen atoms in total. The zero-order valence-corrected chi connectivity index (χ0v) is 14.5. The topological polar surface area (TPSA) is 64.6 Å². The Balaban J connectivity index is 1.70. The van der Waals surface area contributed by atoms with Gasteiger partial charge in [-0.3, -0.25) is 9.59 Å². The van der Waals surface area contributed by atoms with Crippen LogP contribution in [0.25, 0.3) is 0 Å². The van der Waals surface area contributed by atoms with Gasteiger partial charge in [-0.25, -0.2) is 0 Å². The molecule has 0 saturated carbocycles. The number of ether oxygens (including phenoxy) is 2. The maximum Gasteiger partial charge on any atom is 0.311 e. The van der Waals surface area contributed by atoms with Crippen molar-refractivity contribution >= 4 is 29.2 Å². The van der Waals surface area contributed by atoms with E-state index < -0.39 is 0 Å². The van der Waals surface area contributed by atoms with Gasteiger partial charge < -0.3 is 14.8 Å². The van der Waals surface area contributed by atoms with Crippen LogP contribution in [0.1, 0.15) is 31.2 Å². The van der Waals surface area contributed by atoms with Crippen LogP contribution in [0.15, 0.2) is 42.5 Å². The monoisotopic (exact) mass is 359 g/mol. The van der Waals surface area contributed by atoms with Gasteiger partial charge in [0.15, 0.2) is 0 Å². The number of anilines is 1. The molecule has 1 aliphatic heterocycles. The second-order valence-corrected chi connectivity index (χ2v) is 6.14. The highest BCUT2D eigenvalue weighted by atomic mass is 35.5. The molecule has 1 N–H and O–H groups in total. The minimum absolute atomic E-state index is 0.132. The van der Waals surface area contributed by atoms with Gasteiger partial charge in [-0.1, -0.05) is 17.7 Å². The summed E-state index contributed by atoms with van der Waals surface area (Å²) in [5.74, 6) is 0.342. The average molecular weight is 360 g/mol. The molecule has 2 aromatic carbocycles. The van der Waals surface area contributed by atoms with E-state index in [-0.39, 0.29) is 30.6 Å². The van der Waals surface area contributed by atoms with Crippen LogP contribution >= 0.6 is 11.6 Å². The molecule has 130 valence electrons. The SMILES string of the molecule is CCOc1ccc(NC(=O)C[C@H]2CC(=O)Oc3cccc(Cl)c32)cc1. The summed E-state index contributed by atoms with van der Waals surface area (Å²) in [4.78, 5) is 24.2. The minimum atomic E-state index is -0.353. The largest absolute Gasteiger partial charge is 0.494 e. The molecule has 0 aliphatic carbocycles. The standard InChI is InChI=1S/C19H18ClNO4/c1-2-24-14-8-6-13(7-9-14)21-17(22)10-12-11-18(23)25-16-5-3-4-15(20)19(12)16/h3-9,12H,2,10-11H2,1H3,(H,21,22)/t12-/m0/s1. The highest BCUT2D eigenvalue weighted by Gasteiger charge is 2.30. The van der Waals surface area contributed by atoms with Gasteiger partial charge in [-0.15, -0.1) is 0 Å². The third-order valence-corrected chi connectivity index (χ3v) is 4.27. The lowest BCUT2D eigenvalue weighted by atomic mass is 9.89. The molecule has 0 aromatic heterocycles. The first-order valence-corrected chi connectivity index (χ1v) is 8.46. The average Bonchev–Trinajstić information content (AvgIpc) is 2.56. The maximum atomic E-state index is 12.4. The molecule has 0 bridgehead atoms. The first kappa shape index (κ1) is 17.3. The molecule has 0 spiro atoms. The Kier molecular flexibility index (Phi) is 5.24. The first-order valence-electron chi connectivity index (χ1n) is 8.08. The molecule has 2 aromatic rings. The van der Waals surface area contributed by atoms with Crippen LogP contribution in [0.4, 0.5) is 5.69 Å². The van der Waals surface area contributed by atoms with Gasteiger partial charge >= 0.3 is 5.97 Å². The molecule has 1 aliphatic rings. The summed E-state index contributed by atoms with van der Waals surface area (Å²) in [5, 5.41) is 3.34. The van der Waals surface area contributed by atoms with E-state index in [1.54, 1.807) is 42.5 Å². The predicted octanol–water partition coefficient (Wildman–Crippen LogP) is 4.16. The Labute approximate surface area is 150 Å². The quantitative estimate of drug-likeness (QED) is 0.643. The fraction of sp³-hybridized carbons (Fsp3) is 0.263. The number of halogens is 1. The van der Waals surface area contributed by atoms with Crippen LogP contribution < -0.4 is 14.8 Å². The Morgan fingerprint density at radius 3 is 2.76 bits per heavy atom. The van der Waals surface area contributed by atoms with Gasteiger partial charge in [0.25, 0.3) is 0 Å². The number of benzene rings is 2. The number of carbonyl (C=O) groups excluding carboxylic acids is 2. The van der Waals surface area contributed by atoms with Crippen molar-refractivity contribution in [3.05, 3.63) is 53.1 Å². The first-order chi connectivity index (χ1) is 12.1. The molecule has 25 heavy (non-hydrogen) atoms. The third kappa shape index (κ3) is 4.12. The lowest BCUT2D eigenvalue weighted by molar-refractivity contribution is -0.136. The van der Waals surface area contributed by atoms with Crippen molar-refractivity contribution in [2.75, 3.05) is 11.9 Å². The van der Waals surface area contributed by atoms with E-state index in [1.807, 2.05) is 6.92 Å². The van der Waals surface area contributed by atoms with Crippen LogP contribution in [-0.4, -0.2) is 18.5 Å². The van der Waals surface area contributed by atoms with Crippen molar-refractivity contribution in [2.45, 2.75) is 25.7 Å². The minimum Gasteiger partial charge on any atom is -0.494 e. The van der Waals surface area contributed by atoms with E-state index in [0.29, 0.717) is 28.6 Å². The molecule has 0 fully saturated rings. The molecule has 1 heterocycles. The normalized spacial score (nSPS) is 15.9. The van der Waals surface area contributed by atoms with E-state index in [4.69, 9.17) is 21.1 Å². The van der Waals surface area contributed by atoms with E-state index in [1.165, 1.54) is 0 Å². The molecule has 0 saturated heterocycles. The summed E-state index contributed by atoms with van der Waals surface area (Å²) in [6.07, 6.45) is 0.284. The molecule has 6 heteroatoms. The number of esters is 1. The highest BCUT2D eigenvalue weighted by Crippen LogP contribution is 2.40. The molecule has 1 amide bonds. The summed E-state index contributed by atoms with van der Waals surface area (Å²) >= 11 is 6.24. The van der Waals surface area contributed by atoms with Gasteiger partial charge in [0.05, 0.1) is 13.0 Å². The zero-order valence-electron chi connectivity index (χ0n) is 13.8. The van der Waals surface area contributed by atoms with Gasteiger partial charge in [-0.2, -0.15) is 0 Å². The molecule has 1 atom stereocenters. The number of carbonyl (C=O) groups is 2. The smallest absolute Gasteiger partial charge is 0.311 e. The lowest BCUT2D eigenvalue weighted by Crippen LogP contribution is -2.24. The number of rotatable bonds is 5. The van der Waals surface area contributed by atoms with Crippen molar-refractivity contribution in [2.24, 2.45) is 0 Å². The van der Waals surface area contributed by atoms with Gasteiger partial charge in [0.2, 0.25) is 5.91 Å². The second-order valence-electron chi connectivity index (χ2n) is 5.74. The fourth-order valence-corrected chi connectivity index (χ4v) is 3.20. The van der Waals surface area contributed by atoms with Crippen molar-refractivity contribution in [1.82, 2.24) is 0 Å². The summed E-state index contributed by atoms with van der Waals surface area (Å²) in [5.41, 5.74) is 1.39. The number of hydrogen-bond donors (Lipinski definition) is 1. The van der Waals surface area contributed by atoms with Crippen LogP contribution in [0, 0.1) is 0 Å². The summed E-state index contributed by atoms with van der Waals surface area (Å²) in [6, 6.07) is 12.3. The van der Waals surface area contributed by atoms with Crippen molar-refractivity contribution < 1.29 is 19.1 Å². The van der Waals surface area contributed by atoms with E-state index >= 15 is 0 Å². The Morgan fingerprint density at radius 2 is 2.04 bits per heavy atom. The fourth-order valence-electron chi connectivity index (χ4n) is 2.88. The second kappa shape index (κ2) is 7.57. The van der Waals surface area contributed by atoms with Crippen LogP contribution in [-0.2, 0) is 9.59 Å². The van der Waals surface area contributed by atoms with Crippen molar-refractivity contribution in [3.8, 4) is 11.5 Å². The summed E-state index contributed by atoms with van der Waals surface area (Å²) in [6.45, 7) is 2.50. The number of hydrogen-bond acceptors (Lipinski definition) is 4. The number of nitrogens with one attached hydrogen (secondary N) is 1. The van der Waals surface area contributed by atoms with Crippen molar-refractivity contribution in [1.29, 1.82) is 0 Å². The molecule has 0 radical (unpaired) electrons. The van der Waals surface area contributed by atoms with E-state index in [2.05, 4.69) is 5.32 Å². The Morgan fingerprint density at radius 1 is 1.28 bits per heavy atom. The predicted molar refractivity (Wildman–Crippen MR) is 95.3 cm³/mol. The van der Waals surface area contributed by atoms with Crippen molar-refractivity contribution in [3.63, 3.8) is 0 Å². The van der Waals surface area contributed by atoms with Crippen LogP contribution in [0.3, 0.4) is 0 Å². The molecular formula is C19H18ClNO4. The third-order valence-electron chi connectivity index (χ3n) is 3.94. The molecular weight excluding hydrogens is 342 g/mol. The zero-order chi connectivity index (χ0) is 17.8. The Hall–Kier alpha value is -2.53. The Bertz CT molecular complexity index is 789. The van der Waals surface area contributed by atoms with Crippen LogP contribution in [0.5, 0.6) is 11.5 Å². The van der Waals surface area contributed by atoms with Gasteiger partial charge in [0.1, 0.15) is 11.5 Å². The summed E-state index contributed by atoms with van der Waals surface area (Å²) in [7, 11) is 0. The lowest BCUT2D eigenvalue weighted by Gasteiger charge is -2.25. The highest BCUT2D eigenvalue weighted by molar-refractivity contribution is 6.31. The number of fused-ring (bicyclic) bond motifs is 1. The van der Waals surface area contributed by atoms with Gasteiger partial charge in [-0.05, 0) is 43.3 Å². The molecule has 3 rings (SSSR count). The van der Waals surface area contributed by atoms with E-state index in [9.17, 15) is 9.59 Å². The van der Waals surface area contributed by atoms with E-state index in [0.717, 1.165) is 5.75 Å².